The fraction of sp³-hybridized carbons (Fsp3) is 0.571. The van der Waals surface area contributed by atoms with Gasteiger partial charge < -0.3 is 14.2 Å². The van der Waals surface area contributed by atoms with Gasteiger partial charge in [0.1, 0.15) is 18.0 Å². The highest BCUT2D eigenvalue weighted by Gasteiger charge is 2.42. The van der Waals surface area contributed by atoms with Crippen LogP contribution in [0.1, 0.15) is 12.0 Å². The first kappa shape index (κ1) is 13.7. The van der Waals surface area contributed by atoms with E-state index in [0.717, 1.165) is 25.2 Å². The number of rotatable bonds is 6. The van der Waals surface area contributed by atoms with Crippen LogP contribution in [-0.4, -0.2) is 38.4 Å². The molecule has 0 N–H and O–H groups in total. The molecule has 0 bridgehead atoms. The zero-order chi connectivity index (χ0) is 13.0. The van der Waals surface area contributed by atoms with Gasteiger partial charge in [0.25, 0.3) is 0 Å². The minimum atomic E-state index is -0.000153. The van der Waals surface area contributed by atoms with Crippen LogP contribution in [0.15, 0.2) is 24.3 Å². The molecule has 0 heterocycles. The number of hydrogen-bond acceptors (Lipinski definition) is 3. The van der Waals surface area contributed by atoms with Gasteiger partial charge >= 0.3 is 0 Å². The summed E-state index contributed by atoms with van der Waals surface area (Å²) >= 11 is 6.04. The van der Waals surface area contributed by atoms with Crippen molar-refractivity contribution in [3.8, 4) is 5.75 Å². The Morgan fingerprint density at radius 1 is 1.22 bits per heavy atom. The van der Waals surface area contributed by atoms with E-state index < -0.39 is 0 Å². The Balaban J connectivity index is 1.86. The molecule has 1 aliphatic carbocycles. The van der Waals surface area contributed by atoms with Crippen molar-refractivity contribution >= 4 is 11.6 Å². The highest BCUT2D eigenvalue weighted by atomic mass is 35.5. The van der Waals surface area contributed by atoms with Crippen LogP contribution in [0, 0.1) is 0 Å². The molecule has 3 nitrogen and oxygen atoms in total. The maximum absolute atomic E-state index is 6.04. The number of hydrogen-bond donors (Lipinski definition) is 0. The summed E-state index contributed by atoms with van der Waals surface area (Å²) in [7, 11) is 3.38. The molecule has 1 aliphatic rings. The van der Waals surface area contributed by atoms with E-state index in [-0.39, 0.29) is 17.6 Å². The van der Waals surface area contributed by atoms with E-state index in [1.807, 2.05) is 12.1 Å². The molecule has 18 heavy (non-hydrogen) atoms. The lowest BCUT2D eigenvalue weighted by Gasteiger charge is -2.39. The summed E-state index contributed by atoms with van der Waals surface area (Å²) in [5, 5.41) is 0.0703. The van der Waals surface area contributed by atoms with E-state index in [4.69, 9.17) is 25.8 Å². The minimum absolute atomic E-state index is 0.000153. The van der Waals surface area contributed by atoms with Crippen LogP contribution in [0.4, 0.5) is 0 Å². The molecule has 0 aliphatic heterocycles. The van der Waals surface area contributed by atoms with Crippen LogP contribution in [0.3, 0.4) is 0 Å². The van der Waals surface area contributed by atoms with Crippen LogP contribution >= 0.6 is 11.6 Å². The van der Waals surface area contributed by atoms with E-state index in [1.165, 1.54) is 5.56 Å². The van der Waals surface area contributed by atoms with Gasteiger partial charge in [0.05, 0.1) is 12.0 Å². The molecule has 4 heteroatoms. The van der Waals surface area contributed by atoms with E-state index >= 15 is 0 Å². The predicted octanol–water partition coefficient (Wildman–Crippen LogP) is 2.65. The molecule has 0 radical (unpaired) electrons. The SMILES string of the molecule is COCCc1ccc(OC2CC(Cl)C2OC)cc1. The molecule has 1 aromatic rings. The van der Waals surface area contributed by atoms with Crippen LogP contribution < -0.4 is 4.74 Å². The van der Waals surface area contributed by atoms with E-state index in [1.54, 1.807) is 14.2 Å². The van der Waals surface area contributed by atoms with E-state index in [9.17, 15) is 0 Å². The molecule has 0 amide bonds. The fourth-order valence-electron chi connectivity index (χ4n) is 2.07. The van der Waals surface area contributed by atoms with Crippen molar-refractivity contribution < 1.29 is 14.2 Å². The van der Waals surface area contributed by atoms with Gasteiger partial charge in [-0.05, 0) is 24.1 Å². The number of benzene rings is 1. The second-order valence-electron chi connectivity index (χ2n) is 4.50. The lowest BCUT2D eigenvalue weighted by molar-refractivity contribution is -0.0583. The molecule has 1 saturated carbocycles. The Kier molecular flexibility index (Phi) is 4.87. The summed E-state index contributed by atoms with van der Waals surface area (Å²) < 4.78 is 16.2. The summed E-state index contributed by atoms with van der Waals surface area (Å²) in [5.74, 6) is 0.867. The third kappa shape index (κ3) is 3.16. The third-order valence-corrected chi connectivity index (χ3v) is 3.68. The Labute approximate surface area is 113 Å². The average molecular weight is 271 g/mol. The van der Waals surface area contributed by atoms with E-state index in [0.29, 0.717) is 0 Å². The normalized spacial score (nSPS) is 26.7. The minimum Gasteiger partial charge on any atom is -0.488 e. The largest absolute Gasteiger partial charge is 0.488 e. The van der Waals surface area contributed by atoms with Crippen molar-refractivity contribution in [3.05, 3.63) is 29.8 Å². The highest BCUT2D eigenvalue weighted by molar-refractivity contribution is 6.21. The first-order valence-electron chi connectivity index (χ1n) is 6.16. The summed E-state index contributed by atoms with van der Waals surface area (Å²) in [6.07, 6.45) is 1.83. The van der Waals surface area contributed by atoms with Gasteiger partial charge in [0, 0.05) is 20.6 Å². The van der Waals surface area contributed by atoms with Crippen LogP contribution in [-0.2, 0) is 15.9 Å². The first-order valence-corrected chi connectivity index (χ1v) is 6.59. The Morgan fingerprint density at radius 3 is 2.50 bits per heavy atom. The Morgan fingerprint density at radius 2 is 1.94 bits per heavy atom. The zero-order valence-electron chi connectivity index (χ0n) is 10.8. The van der Waals surface area contributed by atoms with Crippen molar-refractivity contribution in [1.29, 1.82) is 0 Å². The van der Waals surface area contributed by atoms with Crippen molar-refractivity contribution in [2.75, 3.05) is 20.8 Å². The topological polar surface area (TPSA) is 27.7 Å². The quantitative estimate of drug-likeness (QED) is 0.744. The predicted molar refractivity (Wildman–Crippen MR) is 71.5 cm³/mol. The van der Waals surface area contributed by atoms with Gasteiger partial charge in [0.2, 0.25) is 0 Å². The number of methoxy groups -OCH3 is 2. The maximum atomic E-state index is 6.04. The summed E-state index contributed by atoms with van der Waals surface area (Å²) in [5.41, 5.74) is 1.25. The van der Waals surface area contributed by atoms with Crippen LogP contribution in [0.25, 0.3) is 0 Å². The number of ether oxygens (including phenoxy) is 3. The molecular formula is C14H19ClO3. The number of alkyl halides is 1. The van der Waals surface area contributed by atoms with Crippen molar-refractivity contribution in [2.45, 2.75) is 30.4 Å². The van der Waals surface area contributed by atoms with Gasteiger partial charge in [-0.25, -0.2) is 0 Å². The smallest absolute Gasteiger partial charge is 0.128 e. The van der Waals surface area contributed by atoms with E-state index in [2.05, 4.69) is 12.1 Å². The molecule has 0 spiro atoms. The number of halogens is 1. The standard InChI is InChI=1S/C14H19ClO3/c1-16-8-7-10-3-5-11(6-4-10)18-13-9-12(15)14(13)17-2/h3-6,12-14H,7-9H2,1-2H3. The maximum Gasteiger partial charge on any atom is 0.128 e. The second kappa shape index (κ2) is 6.41. The van der Waals surface area contributed by atoms with Crippen LogP contribution in [0.2, 0.25) is 0 Å². The molecule has 2 rings (SSSR count). The summed E-state index contributed by atoms with van der Waals surface area (Å²) in [4.78, 5) is 0. The monoisotopic (exact) mass is 270 g/mol. The van der Waals surface area contributed by atoms with Gasteiger partial charge in [-0.2, -0.15) is 0 Å². The molecule has 3 atom stereocenters. The molecule has 1 fully saturated rings. The fourth-order valence-corrected chi connectivity index (χ4v) is 2.51. The molecule has 0 saturated heterocycles. The first-order chi connectivity index (χ1) is 8.74. The average Bonchev–Trinajstić information content (AvgIpc) is 2.37. The molecule has 100 valence electrons. The second-order valence-corrected chi connectivity index (χ2v) is 5.06. The van der Waals surface area contributed by atoms with Gasteiger partial charge in [-0.3, -0.25) is 0 Å². The molecular weight excluding hydrogens is 252 g/mol. The zero-order valence-corrected chi connectivity index (χ0v) is 11.5. The molecule has 1 aromatic carbocycles. The highest BCUT2D eigenvalue weighted by Crippen LogP contribution is 2.32. The summed E-state index contributed by atoms with van der Waals surface area (Å²) in [6, 6.07) is 8.10. The van der Waals surface area contributed by atoms with Gasteiger partial charge in [-0.15, -0.1) is 11.6 Å². The van der Waals surface area contributed by atoms with Gasteiger partial charge in [0.15, 0.2) is 0 Å². The lowest BCUT2D eigenvalue weighted by atomic mass is 9.91. The van der Waals surface area contributed by atoms with Gasteiger partial charge in [-0.1, -0.05) is 12.1 Å². The van der Waals surface area contributed by atoms with Crippen LogP contribution in [0.5, 0.6) is 5.75 Å². The molecule has 0 aromatic heterocycles. The Bertz CT molecular complexity index is 366. The third-order valence-electron chi connectivity index (χ3n) is 3.26. The van der Waals surface area contributed by atoms with Crippen molar-refractivity contribution in [2.24, 2.45) is 0 Å². The van der Waals surface area contributed by atoms with Crippen molar-refractivity contribution in [1.82, 2.24) is 0 Å². The summed E-state index contributed by atoms with van der Waals surface area (Å²) in [6.45, 7) is 0.739. The lowest BCUT2D eigenvalue weighted by Crippen LogP contribution is -2.52. The molecule has 3 unspecified atom stereocenters. The van der Waals surface area contributed by atoms with Crippen molar-refractivity contribution in [3.63, 3.8) is 0 Å². The Hall–Kier alpha value is -0.770.